The monoisotopic (exact) mass is 462 g/mol. The van der Waals surface area contributed by atoms with Crippen LogP contribution in [0.1, 0.15) is 33.3 Å². The first-order valence-corrected chi connectivity index (χ1v) is 8.36. The van der Waals surface area contributed by atoms with E-state index in [1.54, 1.807) is 7.11 Å². The SMILES string of the molecule is CCNC(=O)C(C)(C)CNC(=NCc1ccc(OC)cc1)NCC.I. The van der Waals surface area contributed by atoms with E-state index in [4.69, 9.17) is 4.74 Å². The minimum Gasteiger partial charge on any atom is -0.497 e. The summed E-state index contributed by atoms with van der Waals surface area (Å²) in [5, 5.41) is 9.31. The van der Waals surface area contributed by atoms with Gasteiger partial charge in [-0.25, -0.2) is 4.99 Å². The van der Waals surface area contributed by atoms with Gasteiger partial charge < -0.3 is 20.7 Å². The highest BCUT2D eigenvalue weighted by Gasteiger charge is 2.27. The lowest BCUT2D eigenvalue weighted by Gasteiger charge is -2.24. The lowest BCUT2D eigenvalue weighted by molar-refractivity contribution is -0.128. The minimum absolute atomic E-state index is 0. The van der Waals surface area contributed by atoms with E-state index in [0.29, 0.717) is 25.6 Å². The summed E-state index contributed by atoms with van der Waals surface area (Å²) in [5.74, 6) is 1.56. The number of halogens is 1. The van der Waals surface area contributed by atoms with Gasteiger partial charge in [-0.05, 0) is 45.4 Å². The molecule has 0 radical (unpaired) electrons. The third-order valence-electron chi connectivity index (χ3n) is 3.57. The Morgan fingerprint density at radius 1 is 1.08 bits per heavy atom. The largest absolute Gasteiger partial charge is 0.497 e. The van der Waals surface area contributed by atoms with Gasteiger partial charge in [0.1, 0.15) is 5.75 Å². The molecule has 0 saturated carbocycles. The third kappa shape index (κ3) is 8.42. The van der Waals surface area contributed by atoms with Crippen molar-refractivity contribution in [1.29, 1.82) is 0 Å². The van der Waals surface area contributed by atoms with Crippen molar-refractivity contribution in [2.75, 3.05) is 26.7 Å². The van der Waals surface area contributed by atoms with E-state index in [2.05, 4.69) is 20.9 Å². The number of ether oxygens (including phenoxy) is 1. The molecule has 0 atom stereocenters. The Balaban J connectivity index is 0.00000576. The van der Waals surface area contributed by atoms with E-state index >= 15 is 0 Å². The average Bonchev–Trinajstić information content (AvgIpc) is 2.58. The molecule has 6 nitrogen and oxygen atoms in total. The van der Waals surface area contributed by atoms with E-state index in [9.17, 15) is 4.79 Å². The Morgan fingerprint density at radius 3 is 2.20 bits per heavy atom. The third-order valence-corrected chi connectivity index (χ3v) is 3.57. The number of hydrogen-bond donors (Lipinski definition) is 3. The van der Waals surface area contributed by atoms with Crippen molar-refractivity contribution in [3.63, 3.8) is 0 Å². The van der Waals surface area contributed by atoms with Gasteiger partial charge in [0, 0.05) is 19.6 Å². The van der Waals surface area contributed by atoms with Gasteiger partial charge in [0.2, 0.25) is 5.91 Å². The number of aliphatic imine (C=N–C) groups is 1. The zero-order chi connectivity index (χ0) is 18.0. The van der Waals surface area contributed by atoms with Crippen molar-refractivity contribution in [1.82, 2.24) is 16.0 Å². The highest BCUT2D eigenvalue weighted by atomic mass is 127. The first-order chi connectivity index (χ1) is 11.4. The zero-order valence-electron chi connectivity index (χ0n) is 15.8. The first-order valence-electron chi connectivity index (χ1n) is 8.36. The standard InChI is InChI=1S/C18H30N4O2.HI/c1-6-19-16(23)18(3,4)13-22-17(20-7-2)21-12-14-8-10-15(24-5)11-9-14;/h8-11H,6-7,12-13H2,1-5H3,(H,19,23)(H2,20,21,22);1H. The molecule has 1 amide bonds. The van der Waals surface area contributed by atoms with Gasteiger partial charge in [-0.1, -0.05) is 12.1 Å². The highest BCUT2D eigenvalue weighted by Crippen LogP contribution is 2.14. The molecule has 0 aliphatic rings. The molecule has 0 unspecified atom stereocenters. The van der Waals surface area contributed by atoms with Crippen LogP contribution in [-0.4, -0.2) is 38.6 Å². The molecule has 0 spiro atoms. The normalized spacial score (nSPS) is 11.3. The molecule has 0 saturated heterocycles. The molecular formula is C18H31IN4O2. The van der Waals surface area contributed by atoms with Crippen LogP contribution < -0.4 is 20.7 Å². The number of rotatable bonds is 8. The van der Waals surface area contributed by atoms with E-state index in [-0.39, 0.29) is 29.9 Å². The Bertz CT molecular complexity index is 545. The number of hydrogen-bond acceptors (Lipinski definition) is 3. The van der Waals surface area contributed by atoms with Crippen LogP contribution in [0.2, 0.25) is 0 Å². The van der Waals surface area contributed by atoms with E-state index < -0.39 is 5.41 Å². The molecule has 0 bridgehead atoms. The molecule has 1 rings (SSSR count). The first kappa shape index (κ1) is 23.5. The number of carbonyl (C=O) groups excluding carboxylic acids is 1. The van der Waals surface area contributed by atoms with Crippen molar-refractivity contribution in [3.8, 4) is 5.75 Å². The summed E-state index contributed by atoms with van der Waals surface area (Å²) in [4.78, 5) is 16.6. The van der Waals surface area contributed by atoms with Crippen molar-refractivity contribution in [2.45, 2.75) is 34.2 Å². The van der Waals surface area contributed by atoms with Crippen LogP contribution in [0.3, 0.4) is 0 Å². The Labute approximate surface area is 168 Å². The van der Waals surface area contributed by atoms with Crippen LogP contribution in [0.15, 0.2) is 29.3 Å². The number of benzene rings is 1. The summed E-state index contributed by atoms with van der Waals surface area (Å²) in [6.07, 6.45) is 0. The van der Waals surface area contributed by atoms with E-state index in [0.717, 1.165) is 17.9 Å². The summed E-state index contributed by atoms with van der Waals surface area (Å²) in [6, 6.07) is 7.82. The van der Waals surface area contributed by atoms with Crippen LogP contribution >= 0.6 is 24.0 Å². The fourth-order valence-corrected chi connectivity index (χ4v) is 2.03. The minimum atomic E-state index is -0.508. The summed E-state index contributed by atoms with van der Waals surface area (Å²) in [7, 11) is 1.65. The summed E-state index contributed by atoms with van der Waals surface area (Å²) in [6.45, 7) is 10.2. The molecule has 0 aliphatic heterocycles. The van der Waals surface area contributed by atoms with Gasteiger partial charge in [0.15, 0.2) is 5.96 Å². The fraction of sp³-hybridized carbons (Fsp3) is 0.556. The second-order valence-electron chi connectivity index (χ2n) is 6.14. The van der Waals surface area contributed by atoms with Crippen LogP contribution in [-0.2, 0) is 11.3 Å². The Morgan fingerprint density at radius 2 is 1.68 bits per heavy atom. The fourth-order valence-electron chi connectivity index (χ4n) is 2.03. The number of carbonyl (C=O) groups is 1. The molecule has 0 heterocycles. The Kier molecular flexibility index (Phi) is 11.2. The maximum absolute atomic E-state index is 12.1. The lowest BCUT2D eigenvalue weighted by Crippen LogP contribution is -2.47. The number of amides is 1. The number of nitrogens with one attached hydrogen (secondary N) is 3. The molecule has 7 heteroatoms. The summed E-state index contributed by atoms with van der Waals surface area (Å²) in [5.41, 5.74) is 0.586. The quantitative estimate of drug-likeness (QED) is 0.316. The van der Waals surface area contributed by atoms with Gasteiger partial charge in [-0.3, -0.25) is 4.79 Å². The van der Waals surface area contributed by atoms with Gasteiger partial charge in [-0.2, -0.15) is 0 Å². The molecule has 3 N–H and O–H groups in total. The predicted octanol–water partition coefficient (Wildman–Crippen LogP) is 2.53. The van der Waals surface area contributed by atoms with Crippen LogP contribution in [0, 0.1) is 5.41 Å². The number of guanidine groups is 1. The molecule has 1 aromatic rings. The number of methoxy groups -OCH3 is 1. The second kappa shape index (κ2) is 11.9. The van der Waals surface area contributed by atoms with Crippen molar-refractivity contribution >= 4 is 35.8 Å². The molecule has 142 valence electrons. The zero-order valence-corrected chi connectivity index (χ0v) is 18.1. The van der Waals surface area contributed by atoms with Crippen LogP contribution in [0.25, 0.3) is 0 Å². The van der Waals surface area contributed by atoms with Gasteiger partial charge >= 0.3 is 0 Å². The van der Waals surface area contributed by atoms with Gasteiger partial charge in [0.25, 0.3) is 0 Å². The average molecular weight is 462 g/mol. The van der Waals surface area contributed by atoms with Gasteiger partial charge in [-0.15, -0.1) is 24.0 Å². The van der Waals surface area contributed by atoms with E-state index in [1.807, 2.05) is 52.0 Å². The molecule has 0 aromatic heterocycles. The molecule has 0 fully saturated rings. The van der Waals surface area contributed by atoms with Crippen molar-refractivity contribution < 1.29 is 9.53 Å². The lowest BCUT2D eigenvalue weighted by atomic mass is 9.92. The maximum atomic E-state index is 12.1. The topological polar surface area (TPSA) is 74.8 Å². The molecule has 1 aromatic carbocycles. The molecule has 25 heavy (non-hydrogen) atoms. The summed E-state index contributed by atoms with van der Waals surface area (Å²) >= 11 is 0. The van der Waals surface area contributed by atoms with Crippen LogP contribution in [0.5, 0.6) is 5.75 Å². The Hall–Kier alpha value is -1.51. The maximum Gasteiger partial charge on any atom is 0.227 e. The molecule has 0 aliphatic carbocycles. The van der Waals surface area contributed by atoms with Gasteiger partial charge in [0.05, 0.1) is 19.1 Å². The van der Waals surface area contributed by atoms with Crippen molar-refractivity contribution in [3.05, 3.63) is 29.8 Å². The molecular weight excluding hydrogens is 431 g/mol. The smallest absolute Gasteiger partial charge is 0.227 e. The predicted molar refractivity (Wildman–Crippen MR) is 114 cm³/mol. The number of nitrogens with zero attached hydrogens (tertiary/aromatic N) is 1. The van der Waals surface area contributed by atoms with Crippen LogP contribution in [0.4, 0.5) is 0 Å². The second-order valence-corrected chi connectivity index (χ2v) is 6.14. The summed E-state index contributed by atoms with van der Waals surface area (Å²) < 4.78 is 5.15. The highest BCUT2D eigenvalue weighted by molar-refractivity contribution is 14.0. The van der Waals surface area contributed by atoms with E-state index in [1.165, 1.54) is 0 Å². The van der Waals surface area contributed by atoms with Crippen molar-refractivity contribution in [2.24, 2.45) is 10.4 Å².